The molecule has 0 saturated carbocycles. The summed E-state index contributed by atoms with van der Waals surface area (Å²) in [6, 6.07) is 8.76. The predicted molar refractivity (Wildman–Crippen MR) is 88.1 cm³/mol. The van der Waals surface area contributed by atoms with Gasteiger partial charge in [0.2, 0.25) is 5.91 Å². The van der Waals surface area contributed by atoms with Crippen molar-refractivity contribution >= 4 is 22.9 Å². The van der Waals surface area contributed by atoms with Gasteiger partial charge in [0.25, 0.3) is 0 Å². The number of rotatable bonds is 4. The van der Waals surface area contributed by atoms with E-state index in [0.717, 1.165) is 17.8 Å². The van der Waals surface area contributed by atoms with Crippen molar-refractivity contribution in [2.75, 3.05) is 11.9 Å². The first kappa shape index (κ1) is 14.3. The van der Waals surface area contributed by atoms with Crippen molar-refractivity contribution in [3.63, 3.8) is 0 Å². The number of fused-ring (bicyclic) bond motifs is 1. The largest absolute Gasteiger partial charge is 0.326 e. The average molecular weight is 300 g/mol. The highest BCUT2D eigenvalue weighted by Crippen LogP contribution is 2.33. The van der Waals surface area contributed by atoms with E-state index in [2.05, 4.69) is 49.6 Å². The minimum atomic E-state index is 0.0879. The van der Waals surface area contributed by atoms with Gasteiger partial charge in [0.15, 0.2) is 0 Å². The molecule has 0 bridgehead atoms. The Morgan fingerprint density at radius 1 is 1.33 bits per heavy atom. The summed E-state index contributed by atoms with van der Waals surface area (Å²) >= 11 is 1.85. The smallest absolute Gasteiger partial charge is 0.228 e. The van der Waals surface area contributed by atoms with Crippen LogP contribution in [0.1, 0.15) is 39.4 Å². The van der Waals surface area contributed by atoms with Gasteiger partial charge in [-0.15, -0.1) is 11.3 Å². The second kappa shape index (κ2) is 5.62. The van der Waals surface area contributed by atoms with Crippen LogP contribution in [0, 0.1) is 13.8 Å². The van der Waals surface area contributed by atoms with Crippen molar-refractivity contribution in [1.82, 2.24) is 5.32 Å². The van der Waals surface area contributed by atoms with Crippen LogP contribution in [0.25, 0.3) is 0 Å². The number of aryl methyl sites for hydroxylation is 2. The number of hydrogen-bond donors (Lipinski definition) is 2. The van der Waals surface area contributed by atoms with Gasteiger partial charge in [-0.1, -0.05) is 19.1 Å². The Labute approximate surface area is 129 Å². The fourth-order valence-electron chi connectivity index (χ4n) is 2.76. The van der Waals surface area contributed by atoms with Gasteiger partial charge < -0.3 is 10.6 Å². The summed E-state index contributed by atoms with van der Waals surface area (Å²) in [5.41, 5.74) is 4.63. The number of nitrogens with one attached hydrogen (secondary N) is 2. The van der Waals surface area contributed by atoms with Crippen LogP contribution in [-0.4, -0.2) is 12.5 Å². The Morgan fingerprint density at radius 3 is 2.81 bits per heavy atom. The highest BCUT2D eigenvalue weighted by molar-refractivity contribution is 7.12. The quantitative estimate of drug-likeness (QED) is 0.906. The van der Waals surface area contributed by atoms with Crippen molar-refractivity contribution < 1.29 is 4.79 Å². The number of amides is 1. The zero-order chi connectivity index (χ0) is 15.0. The maximum absolute atomic E-state index is 11.5. The summed E-state index contributed by atoms with van der Waals surface area (Å²) in [5, 5.41) is 6.45. The second-order valence-electron chi connectivity index (χ2n) is 5.52. The number of hydrogen-bond acceptors (Lipinski definition) is 3. The van der Waals surface area contributed by atoms with E-state index in [-0.39, 0.29) is 11.9 Å². The first-order valence-corrected chi connectivity index (χ1v) is 8.13. The number of benzene rings is 1. The summed E-state index contributed by atoms with van der Waals surface area (Å²) in [6.45, 7) is 7.36. The van der Waals surface area contributed by atoms with E-state index in [9.17, 15) is 4.79 Å². The van der Waals surface area contributed by atoms with E-state index >= 15 is 0 Å². The molecule has 1 aliphatic rings. The van der Waals surface area contributed by atoms with Gasteiger partial charge in [-0.2, -0.15) is 0 Å². The minimum Gasteiger partial charge on any atom is -0.326 e. The lowest BCUT2D eigenvalue weighted by molar-refractivity contribution is -0.115. The molecule has 0 radical (unpaired) electrons. The first-order chi connectivity index (χ1) is 10.1. The topological polar surface area (TPSA) is 41.1 Å². The van der Waals surface area contributed by atoms with Crippen molar-refractivity contribution in [1.29, 1.82) is 0 Å². The molecule has 21 heavy (non-hydrogen) atoms. The number of carbonyl (C=O) groups is 1. The Bertz CT molecular complexity index is 671. The molecule has 110 valence electrons. The van der Waals surface area contributed by atoms with E-state index in [1.54, 1.807) is 0 Å². The van der Waals surface area contributed by atoms with E-state index in [0.29, 0.717) is 6.42 Å². The molecule has 2 aromatic rings. The van der Waals surface area contributed by atoms with E-state index < -0.39 is 0 Å². The van der Waals surface area contributed by atoms with Gasteiger partial charge in [-0.25, -0.2) is 0 Å². The minimum absolute atomic E-state index is 0.0879. The lowest BCUT2D eigenvalue weighted by Crippen LogP contribution is -2.21. The monoisotopic (exact) mass is 300 g/mol. The fourth-order valence-corrected chi connectivity index (χ4v) is 3.91. The number of thiophene rings is 1. The number of anilines is 1. The Balaban J connectivity index is 1.98. The van der Waals surface area contributed by atoms with Crippen LogP contribution in [0.15, 0.2) is 24.3 Å². The molecular weight excluding hydrogens is 280 g/mol. The predicted octanol–water partition coefficient (Wildman–Crippen LogP) is 3.56. The fraction of sp³-hybridized carbons (Fsp3) is 0.353. The maximum atomic E-state index is 11.5. The third-order valence-corrected chi connectivity index (χ3v) is 5.18. The van der Waals surface area contributed by atoms with Crippen LogP contribution in [0.3, 0.4) is 0 Å². The average Bonchev–Trinajstić information content (AvgIpc) is 2.97. The van der Waals surface area contributed by atoms with Crippen molar-refractivity contribution in [3.05, 3.63) is 50.7 Å². The van der Waals surface area contributed by atoms with Gasteiger partial charge in [0.1, 0.15) is 0 Å². The molecule has 0 spiro atoms. The van der Waals surface area contributed by atoms with Crippen LogP contribution in [0.4, 0.5) is 5.69 Å². The standard InChI is InChI=1S/C17H20N2OS/c1-4-18-17(15-7-10(2)11(3)21-15)12-5-6-14-13(8-12)9-16(20)19-14/h5-8,17-18H,4,9H2,1-3H3,(H,19,20). The van der Waals surface area contributed by atoms with Crippen LogP contribution >= 0.6 is 11.3 Å². The van der Waals surface area contributed by atoms with Gasteiger partial charge >= 0.3 is 0 Å². The molecule has 1 amide bonds. The van der Waals surface area contributed by atoms with E-state index in [1.165, 1.54) is 20.9 Å². The van der Waals surface area contributed by atoms with Gasteiger partial charge in [0, 0.05) is 15.4 Å². The van der Waals surface area contributed by atoms with Gasteiger partial charge in [-0.05, 0) is 49.2 Å². The highest BCUT2D eigenvalue weighted by atomic mass is 32.1. The normalized spacial score (nSPS) is 14.9. The lowest BCUT2D eigenvalue weighted by atomic mass is 10.0. The zero-order valence-corrected chi connectivity index (χ0v) is 13.4. The highest BCUT2D eigenvalue weighted by Gasteiger charge is 2.21. The molecule has 0 aliphatic carbocycles. The lowest BCUT2D eigenvalue weighted by Gasteiger charge is -2.18. The van der Waals surface area contributed by atoms with Crippen LogP contribution in [-0.2, 0) is 11.2 Å². The molecule has 1 atom stereocenters. The third kappa shape index (κ3) is 2.74. The summed E-state index contributed by atoms with van der Waals surface area (Å²) < 4.78 is 0. The number of carbonyl (C=O) groups excluding carboxylic acids is 1. The van der Waals surface area contributed by atoms with Gasteiger partial charge in [0.05, 0.1) is 12.5 Å². The van der Waals surface area contributed by atoms with Gasteiger partial charge in [-0.3, -0.25) is 4.79 Å². The molecule has 1 aromatic carbocycles. The Morgan fingerprint density at radius 2 is 2.14 bits per heavy atom. The van der Waals surface area contributed by atoms with E-state index in [1.807, 2.05) is 17.4 Å². The summed E-state index contributed by atoms with van der Waals surface area (Å²) in [4.78, 5) is 14.2. The molecule has 0 saturated heterocycles. The van der Waals surface area contributed by atoms with Crippen LogP contribution in [0.5, 0.6) is 0 Å². The molecule has 0 fully saturated rings. The van der Waals surface area contributed by atoms with E-state index in [4.69, 9.17) is 0 Å². The molecule has 1 unspecified atom stereocenters. The second-order valence-corrected chi connectivity index (χ2v) is 6.81. The molecule has 2 N–H and O–H groups in total. The summed E-state index contributed by atoms with van der Waals surface area (Å²) in [7, 11) is 0. The van der Waals surface area contributed by atoms with Crippen molar-refractivity contribution in [2.45, 2.75) is 33.2 Å². The molecule has 1 aliphatic heterocycles. The third-order valence-electron chi connectivity index (χ3n) is 3.97. The molecule has 2 heterocycles. The zero-order valence-electron chi connectivity index (χ0n) is 12.6. The molecule has 3 rings (SSSR count). The molecule has 4 heteroatoms. The Kier molecular flexibility index (Phi) is 3.83. The SMILES string of the molecule is CCNC(c1ccc2c(c1)CC(=O)N2)c1cc(C)c(C)s1. The Hall–Kier alpha value is -1.65. The van der Waals surface area contributed by atoms with Crippen molar-refractivity contribution in [3.8, 4) is 0 Å². The van der Waals surface area contributed by atoms with Crippen LogP contribution < -0.4 is 10.6 Å². The molecule has 3 nitrogen and oxygen atoms in total. The first-order valence-electron chi connectivity index (χ1n) is 7.31. The van der Waals surface area contributed by atoms with Crippen molar-refractivity contribution in [2.24, 2.45) is 0 Å². The summed E-state index contributed by atoms with van der Waals surface area (Å²) in [5.74, 6) is 0.0879. The summed E-state index contributed by atoms with van der Waals surface area (Å²) in [6.07, 6.45) is 0.491. The van der Waals surface area contributed by atoms with Crippen LogP contribution in [0.2, 0.25) is 0 Å². The molecule has 1 aromatic heterocycles. The maximum Gasteiger partial charge on any atom is 0.228 e. The molecular formula is C17H20N2OS.